The topological polar surface area (TPSA) is 94.8 Å². The summed E-state index contributed by atoms with van der Waals surface area (Å²) in [6.45, 7) is 2.22. The molecule has 0 bridgehead atoms. The van der Waals surface area contributed by atoms with Crippen LogP contribution in [-0.2, 0) is 9.59 Å². The highest BCUT2D eigenvalue weighted by Gasteiger charge is 2.32. The molecule has 0 radical (unpaired) electrons. The van der Waals surface area contributed by atoms with Gasteiger partial charge in [-0.05, 0) is 43.8 Å². The first-order valence-electron chi connectivity index (χ1n) is 10.2. The van der Waals surface area contributed by atoms with Gasteiger partial charge >= 0.3 is 5.97 Å². The van der Waals surface area contributed by atoms with Crippen molar-refractivity contribution in [3.8, 4) is 0 Å². The Morgan fingerprint density at radius 2 is 1.89 bits per heavy atom. The summed E-state index contributed by atoms with van der Waals surface area (Å²) in [6, 6.07) is 0. The SMILES string of the molecule is CCCCCCCCC=C[C@H]1CCC(=O)[C@@H]1CC=C=CCC(O)(O)C(=O)O. The lowest BCUT2D eigenvalue weighted by Crippen LogP contribution is -2.37. The Bertz CT molecular complexity index is 555. The summed E-state index contributed by atoms with van der Waals surface area (Å²) in [7, 11) is 0. The van der Waals surface area contributed by atoms with Crippen LogP contribution >= 0.6 is 0 Å². The molecule has 1 rings (SSSR count). The summed E-state index contributed by atoms with van der Waals surface area (Å²) < 4.78 is 0. The molecule has 2 atom stereocenters. The molecule has 0 aromatic carbocycles. The molecule has 0 amide bonds. The molecule has 1 aliphatic rings. The van der Waals surface area contributed by atoms with Gasteiger partial charge in [-0.1, -0.05) is 51.2 Å². The maximum atomic E-state index is 12.1. The van der Waals surface area contributed by atoms with E-state index in [4.69, 9.17) is 5.11 Å². The number of carbonyl (C=O) groups is 2. The number of ketones is 1. The molecular formula is C22H34O5. The first-order valence-corrected chi connectivity index (χ1v) is 10.2. The molecule has 27 heavy (non-hydrogen) atoms. The number of unbranched alkanes of at least 4 members (excludes halogenated alkanes) is 6. The summed E-state index contributed by atoms with van der Waals surface area (Å²) in [5, 5.41) is 27.0. The van der Waals surface area contributed by atoms with Crippen LogP contribution in [0.4, 0.5) is 0 Å². The molecule has 5 nitrogen and oxygen atoms in total. The van der Waals surface area contributed by atoms with Gasteiger partial charge in [0.2, 0.25) is 0 Å². The van der Waals surface area contributed by atoms with Crippen LogP contribution in [0.1, 0.15) is 77.6 Å². The summed E-state index contributed by atoms with van der Waals surface area (Å²) in [5.74, 6) is -4.01. The minimum atomic E-state index is -2.77. The monoisotopic (exact) mass is 378 g/mol. The van der Waals surface area contributed by atoms with Gasteiger partial charge in [0.25, 0.3) is 5.79 Å². The quantitative estimate of drug-likeness (QED) is 0.194. The zero-order valence-electron chi connectivity index (χ0n) is 16.4. The smallest absolute Gasteiger partial charge is 0.364 e. The second kappa shape index (κ2) is 12.7. The number of Topliss-reactive ketones (excluding diaryl/α,β-unsaturated/α-hetero) is 1. The van der Waals surface area contributed by atoms with E-state index in [1.165, 1.54) is 44.6 Å². The normalized spacial score (nSPS) is 20.0. The standard InChI is InChI=1S/C22H34O5/c1-2-3-4-5-6-7-8-10-13-18-15-16-20(23)19(18)14-11-9-12-17-22(26,27)21(24)25/h10-13,18-19,26-27H,2-8,14-17H2,1H3,(H,24,25)/t9?,18-,19+/m0/s1. The predicted octanol–water partition coefficient (Wildman–Crippen LogP) is 4.15. The minimum absolute atomic E-state index is 0.0563. The first-order chi connectivity index (χ1) is 12.9. The Morgan fingerprint density at radius 3 is 2.59 bits per heavy atom. The lowest BCUT2D eigenvalue weighted by molar-refractivity contribution is -0.201. The third kappa shape index (κ3) is 9.18. The molecular weight excluding hydrogens is 344 g/mol. The number of carboxylic acid groups (broad SMARTS) is 1. The van der Waals surface area contributed by atoms with E-state index in [0.29, 0.717) is 12.8 Å². The van der Waals surface area contributed by atoms with E-state index < -0.39 is 18.2 Å². The molecule has 0 aromatic rings. The van der Waals surface area contributed by atoms with Crippen LogP contribution in [0.3, 0.4) is 0 Å². The van der Waals surface area contributed by atoms with E-state index in [9.17, 15) is 19.8 Å². The number of aliphatic carboxylic acids is 1. The van der Waals surface area contributed by atoms with E-state index in [0.717, 1.165) is 12.8 Å². The Hall–Kier alpha value is -1.68. The third-order valence-electron chi connectivity index (χ3n) is 5.10. The molecule has 1 fully saturated rings. The lowest BCUT2D eigenvalue weighted by atomic mass is 9.91. The van der Waals surface area contributed by atoms with Crippen LogP contribution in [0, 0.1) is 11.8 Å². The van der Waals surface area contributed by atoms with Gasteiger partial charge in [0.15, 0.2) is 0 Å². The van der Waals surface area contributed by atoms with Crippen molar-refractivity contribution in [1.29, 1.82) is 0 Å². The van der Waals surface area contributed by atoms with Crippen molar-refractivity contribution in [3.05, 3.63) is 30.0 Å². The van der Waals surface area contributed by atoms with Gasteiger partial charge in [0, 0.05) is 18.8 Å². The fourth-order valence-electron chi connectivity index (χ4n) is 3.35. The third-order valence-corrected chi connectivity index (χ3v) is 5.10. The number of aliphatic hydroxyl groups is 2. The number of allylic oxidation sites excluding steroid dienone is 2. The molecule has 0 unspecified atom stereocenters. The molecule has 0 spiro atoms. The largest absolute Gasteiger partial charge is 0.477 e. The first kappa shape index (κ1) is 23.4. The maximum Gasteiger partial charge on any atom is 0.364 e. The molecule has 5 heteroatoms. The summed E-state index contributed by atoms with van der Waals surface area (Å²) in [5.41, 5.74) is 2.76. The highest BCUT2D eigenvalue weighted by molar-refractivity contribution is 5.83. The van der Waals surface area contributed by atoms with Crippen LogP contribution in [-0.4, -0.2) is 32.9 Å². The van der Waals surface area contributed by atoms with Crippen molar-refractivity contribution < 1.29 is 24.9 Å². The fraction of sp³-hybridized carbons (Fsp3) is 0.682. The van der Waals surface area contributed by atoms with E-state index in [1.807, 2.05) is 0 Å². The molecule has 0 heterocycles. The molecule has 1 saturated carbocycles. The number of rotatable bonds is 13. The summed E-state index contributed by atoms with van der Waals surface area (Å²) in [4.78, 5) is 22.7. The van der Waals surface area contributed by atoms with E-state index in [1.54, 1.807) is 6.08 Å². The zero-order chi connectivity index (χ0) is 20.1. The van der Waals surface area contributed by atoms with Crippen molar-refractivity contribution in [2.45, 2.75) is 83.3 Å². The molecule has 0 aliphatic heterocycles. The fourth-order valence-corrected chi connectivity index (χ4v) is 3.35. The number of hydrogen-bond acceptors (Lipinski definition) is 4. The molecule has 0 aromatic heterocycles. The van der Waals surface area contributed by atoms with E-state index in [2.05, 4.69) is 24.8 Å². The Labute approximate surface area is 162 Å². The molecule has 1 aliphatic carbocycles. The Balaban J connectivity index is 2.38. The highest BCUT2D eigenvalue weighted by atomic mass is 16.5. The average Bonchev–Trinajstić information content (AvgIpc) is 2.97. The maximum absolute atomic E-state index is 12.1. The number of hydrogen-bond donors (Lipinski definition) is 3. The second-order valence-electron chi connectivity index (χ2n) is 7.40. The summed E-state index contributed by atoms with van der Waals surface area (Å²) in [6.07, 6.45) is 17.6. The highest BCUT2D eigenvalue weighted by Crippen LogP contribution is 2.32. The molecule has 0 saturated heterocycles. The van der Waals surface area contributed by atoms with Gasteiger partial charge in [-0.15, -0.1) is 5.73 Å². The molecule has 3 N–H and O–H groups in total. The van der Waals surface area contributed by atoms with Crippen LogP contribution in [0.15, 0.2) is 30.0 Å². The van der Waals surface area contributed by atoms with Crippen molar-refractivity contribution >= 4 is 11.8 Å². The van der Waals surface area contributed by atoms with Crippen LogP contribution < -0.4 is 0 Å². The van der Waals surface area contributed by atoms with Crippen molar-refractivity contribution in [2.75, 3.05) is 0 Å². The van der Waals surface area contributed by atoms with Gasteiger partial charge in [0.1, 0.15) is 5.78 Å². The number of carboxylic acids is 1. The van der Waals surface area contributed by atoms with Gasteiger partial charge in [-0.2, -0.15) is 0 Å². The van der Waals surface area contributed by atoms with Gasteiger partial charge in [0.05, 0.1) is 0 Å². The van der Waals surface area contributed by atoms with Crippen LogP contribution in [0.2, 0.25) is 0 Å². The van der Waals surface area contributed by atoms with Gasteiger partial charge in [-0.25, -0.2) is 4.79 Å². The molecule has 152 valence electrons. The van der Waals surface area contributed by atoms with Crippen LogP contribution in [0.5, 0.6) is 0 Å². The minimum Gasteiger partial charge on any atom is -0.477 e. The predicted molar refractivity (Wildman–Crippen MR) is 105 cm³/mol. The van der Waals surface area contributed by atoms with E-state index in [-0.39, 0.29) is 17.6 Å². The van der Waals surface area contributed by atoms with Gasteiger partial charge in [-0.3, -0.25) is 4.79 Å². The lowest BCUT2D eigenvalue weighted by Gasteiger charge is -2.13. The van der Waals surface area contributed by atoms with E-state index >= 15 is 0 Å². The van der Waals surface area contributed by atoms with Crippen LogP contribution in [0.25, 0.3) is 0 Å². The Morgan fingerprint density at radius 1 is 1.19 bits per heavy atom. The summed E-state index contributed by atoms with van der Waals surface area (Å²) >= 11 is 0. The Kier molecular flexibility index (Phi) is 11.0. The van der Waals surface area contributed by atoms with Crippen molar-refractivity contribution in [1.82, 2.24) is 0 Å². The number of carbonyl (C=O) groups excluding carboxylic acids is 1. The second-order valence-corrected chi connectivity index (χ2v) is 7.40. The van der Waals surface area contributed by atoms with Gasteiger partial charge < -0.3 is 15.3 Å². The van der Waals surface area contributed by atoms with Crippen molar-refractivity contribution in [2.24, 2.45) is 11.8 Å². The average molecular weight is 379 g/mol. The zero-order valence-corrected chi connectivity index (χ0v) is 16.4. The van der Waals surface area contributed by atoms with Crippen molar-refractivity contribution in [3.63, 3.8) is 0 Å².